The summed E-state index contributed by atoms with van der Waals surface area (Å²) in [5, 5.41) is 6.86. The molecule has 10 heteroatoms. The number of hydrogen-bond acceptors (Lipinski definition) is 4. The summed E-state index contributed by atoms with van der Waals surface area (Å²) in [6.07, 6.45) is -4.26. The number of oxime groups is 1. The monoisotopic (exact) mass is 516 g/mol. The maximum atomic E-state index is 14.2. The molecule has 176 valence electrons. The Labute approximate surface area is 203 Å². The van der Waals surface area contributed by atoms with Crippen molar-refractivity contribution in [2.45, 2.75) is 43.2 Å². The normalized spacial score (nSPS) is 24.6. The number of nitrogens with one attached hydrogen (secondary N) is 1. The number of hydrogen-bond donors (Lipinski definition) is 1. The van der Waals surface area contributed by atoms with Gasteiger partial charge in [-0.05, 0) is 67.5 Å². The molecular weight excluding hydrogens is 496 g/mol. The van der Waals surface area contributed by atoms with Gasteiger partial charge in [0.25, 0.3) is 11.5 Å². The lowest BCUT2D eigenvalue weighted by molar-refractivity contribution is -0.275. The maximum Gasteiger partial charge on any atom is 0.435 e. The van der Waals surface area contributed by atoms with E-state index in [0.29, 0.717) is 23.2 Å². The van der Waals surface area contributed by atoms with Crippen molar-refractivity contribution in [1.29, 1.82) is 0 Å². The summed E-state index contributed by atoms with van der Waals surface area (Å²) in [7, 11) is 0. The molecule has 1 N–H and O–H groups in total. The van der Waals surface area contributed by atoms with E-state index in [2.05, 4.69) is 17.4 Å². The standard InChI is InChI=1S/C23H21Cl2F3N2O2S/c1-13-7-14(3-4-18(13)20(31)29-12-21(2)5-6-33-21)19-11-22(32-30-19,23(26,27)28)15-8-16(24)10-17(25)9-15/h3-4,7-10H,5-6,11-12H2,1-2H3,(H,29,31)/t21?,22-/m0/s1. The predicted octanol–water partition coefficient (Wildman–Crippen LogP) is 6.51. The van der Waals surface area contributed by atoms with Gasteiger partial charge in [-0.25, -0.2) is 0 Å². The Morgan fingerprint density at radius 1 is 1.21 bits per heavy atom. The molecular formula is C23H21Cl2F3N2O2S. The Kier molecular flexibility index (Phi) is 6.39. The van der Waals surface area contributed by atoms with Gasteiger partial charge in [-0.15, -0.1) is 0 Å². The summed E-state index contributed by atoms with van der Waals surface area (Å²) < 4.78 is 42.6. The molecule has 1 unspecified atom stereocenters. The quantitative estimate of drug-likeness (QED) is 0.492. The van der Waals surface area contributed by atoms with Crippen LogP contribution in [0.15, 0.2) is 41.6 Å². The number of aryl methyl sites for hydroxylation is 1. The molecule has 2 aliphatic heterocycles. The summed E-state index contributed by atoms with van der Waals surface area (Å²) >= 11 is 13.7. The van der Waals surface area contributed by atoms with Crippen LogP contribution >= 0.6 is 35.0 Å². The molecule has 2 aromatic rings. The summed E-state index contributed by atoms with van der Waals surface area (Å²) in [6, 6.07) is 8.54. The number of rotatable bonds is 5. The van der Waals surface area contributed by atoms with Crippen LogP contribution in [0.25, 0.3) is 0 Å². The SMILES string of the molecule is Cc1cc(C2=NO[C@@](c3cc(Cl)cc(Cl)c3)(C(F)(F)F)C2)ccc1C(=O)NCC1(C)CCS1. The van der Waals surface area contributed by atoms with Crippen molar-refractivity contribution in [2.75, 3.05) is 12.3 Å². The molecule has 0 saturated carbocycles. The van der Waals surface area contributed by atoms with Crippen LogP contribution in [-0.2, 0) is 10.4 Å². The van der Waals surface area contributed by atoms with E-state index >= 15 is 0 Å². The number of nitrogens with zero attached hydrogens (tertiary/aromatic N) is 1. The van der Waals surface area contributed by atoms with E-state index in [4.69, 9.17) is 28.0 Å². The van der Waals surface area contributed by atoms with Gasteiger partial charge in [0.2, 0.25) is 0 Å². The van der Waals surface area contributed by atoms with E-state index in [1.807, 2.05) is 11.8 Å². The third-order valence-electron chi connectivity index (χ3n) is 6.02. The third kappa shape index (κ3) is 4.70. The molecule has 2 aromatic carbocycles. The van der Waals surface area contributed by atoms with E-state index in [1.54, 1.807) is 25.1 Å². The summed E-state index contributed by atoms with van der Waals surface area (Å²) in [5.74, 6) is 0.876. The zero-order valence-corrected chi connectivity index (χ0v) is 20.2. The van der Waals surface area contributed by atoms with E-state index in [0.717, 1.165) is 12.2 Å². The van der Waals surface area contributed by atoms with Gasteiger partial charge in [-0.3, -0.25) is 4.79 Å². The molecule has 1 fully saturated rings. The first kappa shape index (κ1) is 24.2. The van der Waals surface area contributed by atoms with Gasteiger partial charge >= 0.3 is 6.18 Å². The van der Waals surface area contributed by atoms with Gasteiger partial charge in [0.15, 0.2) is 0 Å². The number of carbonyl (C=O) groups is 1. The molecule has 2 atom stereocenters. The van der Waals surface area contributed by atoms with Crippen LogP contribution in [0, 0.1) is 6.92 Å². The Bertz CT molecular complexity index is 1110. The predicted molar refractivity (Wildman–Crippen MR) is 125 cm³/mol. The topological polar surface area (TPSA) is 50.7 Å². The maximum absolute atomic E-state index is 14.2. The van der Waals surface area contributed by atoms with Crippen molar-refractivity contribution >= 4 is 46.6 Å². The number of carbonyl (C=O) groups excluding carboxylic acids is 1. The number of alkyl halides is 3. The van der Waals surface area contributed by atoms with Crippen LogP contribution in [0.2, 0.25) is 10.0 Å². The number of halogens is 5. The first-order chi connectivity index (χ1) is 15.4. The molecule has 1 amide bonds. The average Bonchev–Trinajstić information content (AvgIpc) is 3.17. The van der Waals surface area contributed by atoms with Crippen LogP contribution in [0.5, 0.6) is 0 Å². The van der Waals surface area contributed by atoms with Crippen LogP contribution in [0.4, 0.5) is 13.2 Å². The number of thioether (sulfide) groups is 1. The lowest BCUT2D eigenvalue weighted by atomic mass is 9.86. The highest BCUT2D eigenvalue weighted by Crippen LogP contribution is 2.49. The smallest absolute Gasteiger partial charge is 0.374 e. The fourth-order valence-electron chi connectivity index (χ4n) is 3.90. The van der Waals surface area contributed by atoms with Crippen molar-refractivity contribution in [3.05, 3.63) is 68.7 Å². The molecule has 2 aliphatic rings. The molecule has 0 radical (unpaired) electrons. The third-order valence-corrected chi connectivity index (χ3v) is 7.91. The minimum Gasteiger partial charge on any atom is -0.374 e. The molecule has 2 heterocycles. The molecule has 0 aromatic heterocycles. The highest BCUT2D eigenvalue weighted by atomic mass is 35.5. The molecule has 0 bridgehead atoms. The highest BCUT2D eigenvalue weighted by molar-refractivity contribution is 8.02. The Morgan fingerprint density at radius 2 is 1.88 bits per heavy atom. The van der Waals surface area contributed by atoms with Crippen molar-refractivity contribution in [3.8, 4) is 0 Å². The Morgan fingerprint density at radius 3 is 2.42 bits per heavy atom. The largest absolute Gasteiger partial charge is 0.435 e. The van der Waals surface area contributed by atoms with Crippen molar-refractivity contribution in [1.82, 2.24) is 5.32 Å². The van der Waals surface area contributed by atoms with Gasteiger partial charge in [-0.1, -0.05) is 34.4 Å². The molecule has 0 aliphatic carbocycles. The van der Waals surface area contributed by atoms with Crippen molar-refractivity contribution in [3.63, 3.8) is 0 Å². The Hall–Kier alpha value is -1.90. The second kappa shape index (κ2) is 8.71. The number of amides is 1. The molecule has 4 rings (SSSR count). The lowest BCUT2D eigenvalue weighted by Crippen LogP contribution is -2.43. The van der Waals surface area contributed by atoms with E-state index in [1.165, 1.54) is 18.2 Å². The van der Waals surface area contributed by atoms with Crippen molar-refractivity contribution in [2.24, 2.45) is 5.16 Å². The molecule has 0 spiro atoms. The average molecular weight is 517 g/mol. The minimum absolute atomic E-state index is 0.0591. The fourth-order valence-corrected chi connectivity index (χ4v) is 5.50. The highest BCUT2D eigenvalue weighted by Gasteiger charge is 2.62. The minimum atomic E-state index is -4.77. The van der Waals surface area contributed by atoms with Crippen LogP contribution in [0.1, 0.15) is 46.8 Å². The van der Waals surface area contributed by atoms with Gasteiger partial charge in [0.1, 0.15) is 0 Å². The van der Waals surface area contributed by atoms with Gasteiger partial charge in [0, 0.05) is 38.9 Å². The summed E-state index contributed by atoms with van der Waals surface area (Å²) in [5.41, 5.74) is -1.25. The van der Waals surface area contributed by atoms with E-state index in [9.17, 15) is 18.0 Å². The van der Waals surface area contributed by atoms with Crippen LogP contribution in [-0.4, -0.2) is 34.8 Å². The summed E-state index contributed by atoms with van der Waals surface area (Å²) in [4.78, 5) is 17.7. The van der Waals surface area contributed by atoms with Crippen molar-refractivity contribution < 1.29 is 22.8 Å². The van der Waals surface area contributed by atoms with Gasteiger partial charge in [0.05, 0.1) is 5.71 Å². The molecule has 1 saturated heterocycles. The van der Waals surface area contributed by atoms with Crippen LogP contribution in [0.3, 0.4) is 0 Å². The Balaban J connectivity index is 1.56. The first-order valence-electron chi connectivity index (χ1n) is 10.2. The van der Waals surface area contributed by atoms with Gasteiger partial charge < -0.3 is 10.2 Å². The lowest BCUT2D eigenvalue weighted by Gasteiger charge is -2.37. The first-order valence-corrected chi connectivity index (χ1v) is 12.0. The second-order valence-electron chi connectivity index (χ2n) is 8.55. The summed E-state index contributed by atoms with van der Waals surface area (Å²) in [6.45, 7) is 4.41. The molecule has 33 heavy (non-hydrogen) atoms. The van der Waals surface area contributed by atoms with Crippen LogP contribution < -0.4 is 5.32 Å². The van der Waals surface area contributed by atoms with Gasteiger partial charge in [-0.2, -0.15) is 24.9 Å². The zero-order valence-electron chi connectivity index (χ0n) is 17.9. The fraction of sp³-hybridized carbons (Fsp3) is 0.391. The van der Waals surface area contributed by atoms with E-state index in [-0.39, 0.29) is 32.0 Å². The number of benzene rings is 2. The van der Waals surface area contributed by atoms with E-state index < -0.39 is 18.2 Å². The zero-order chi connectivity index (χ0) is 24.0. The second-order valence-corrected chi connectivity index (χ2v) is 11.1. The molecule has 4 nitrogen and oxygen atoms in total.